The summed E-state index contributed by atoms with van der Waals surface area (Å²) in [6.07, 6.45) is 51.6. The number of nitrogens with zero attached hydrogens (tertiary/aromatic N) is 1. The van der Waals surface area contributed by atoms with Gasteiger partial charge in [-0.05, 0) is 485 Å². The maximum atomic E-state index is 12.7. The van der Waals surface area contributed by atoms with Crippen molar-refractivity contribution in [2.24, 2.45) is 184 Å². The fraction of sp³-hybridized carbons (Fsp3) is 0.920. The van der Waals surface area contributed by atoms with Crippen LogP contribution in [0.3, 0.4) is 0 Å². The highest BCUT2D eigenvalue weighted by atomic mass is 16.6. The van der Waals surface area contributed by atoms with E-state index in [9.17, 15) is 47.9 Å². The third-order valence-electron chi connectivity index (χ3n) is 44.0. The number of fused-ring (bicyclic) bond motifs is 26. The molecule has 144 heavy (non-hydrogen) atoms. The van der Waals surface area contributed by atoms with Crippen LogP contribution in [0.2, 0.25) is 0 Å². The zero-order valence-corrected chi connectivity index (χ0v) is 97.5. The van der Waals surface area contributed by atoms with Crippen LogP contribution in [0.25, 0.3) is 0 Å². The minimum Gasteiger partial charge on any atom is -0.469 e. The molecule has 1 saturated heterocycles. The van der Waals surface area contributed by atoms with Crippen LogP contribution in [0.4, 0.5) is 0 Å². The number of amides is 2. The molecule has 0 radical (unpaired) electrons. The lowest BCUT2D eigenvalue weighted by Gasteiger charge is -2.56. The van der Waals surface area contributed by atoms with Crippen LogP contribution in [0, 0.1) is 184 Å². The largest absolute Gasteiger partial charge is 0.469 e. The van der Waals surface area contributed by atoms with Gasteiger partial charge in [0, 0.05) is 10.8 Å². The van der Waals surface area contributed by atoms with E-state index in [0.717, 1.165) is 211 Å². The van der Waals surface area contributed by atoms with Crippen LogP contribution in [0.15, 0.2) is 0 Å². The molecule has 0 aromatic carbocycles. The van der Waals surface area contributed by atoms with Gasteiger partial charge in [-0.25, -0.2) is 0 Å². The molecule has 16 bridgehead atoms. The first-order chi connectivity index (χ1) is 67.2. The van der Waals surface area contributed by atoms with Crippen molar-refractivity contribution in [3.63, 3.8) is 0 Å². The highest BCUT2D eigenvalue weighted by Crippen LogP contribution is 2.71. The molecule has 20 rings (SSSR count). The third-order valence-corrected chi connectivity index (χ3v) is 44.0. The number of likely N-dealkylation sites (tertiary alicyclic amines) is 1. The number of β-lactam (4-membered cyclic amide) rings is 1. The van der Waals surface area contributed by atoms with Gasteiger partial charge in [0.15, 0.2) is 0 Å². The van der Waals surface area contributed by atoms with Gasteiger partial charge in [-0.3, -0.25) is 52.8 Å². The minimum absolute atomic E-state index is 0.00236. The van der Waals surface area contributed by atoms with E-state index in [1.54, 1.807) is 4.90 Å². The Morgan fingerprint density at radius 1 is 0.333 bits per heavy atom. The van der Waals surface area contributed by atoms with Gasteiger partial charge in [0.2, 0.25) is 11.8 Å². The quantitative estimate of drug-likeness (QED) is 0.0244. The predicted octanol–water partition coefficient (Wildman–Crippen LogP) is 29.6. The van der Waals surface area contributed by atoms with Gasteiger partial charge >= 0.3 is 47.8 Å². The Balaban J connectivity index is 0.000000156. The topological polar surface area (TPSA) is 248 Å². The molecular formula is C125H211NO18. The number of rotatable bonds is 27. The Morgan fingerprint density at radius 3 is 1.21 bits per heavy atom. The average molecular weight is 2020 g/mol. The zero-order chi connectivity index (χ0) is 107. The van der Waals surface area contributed by atoms with E-state index in [2.05, 4.69) is 53.2 Å². The molecule has 24 atom stereocenters. The van der Waals surface area contributed by atoms with Crippen molar-refractivity contribution < 1.29 is 85.8 Å². The summed E-state index contributed by atoms with van der Waals surface area (Å²) in [7, 11) is 1.42. The number of hydrogen-bond acceptors (Lipinski definition) is 18. The molecule has 19 nitrogen and oxygen atoms in total. The first kappa shape index (κ1) is 119. The summed E-state index contributed by atoms with van der Waals surface area (Å²) >= 11 is 0. The molecule has 0 N–H and O–H groups in total. The number of unbranched alkanes of at least 4 members (excludes halogenated alkanes) is 1. The van der Waals surface area contributed by atoms with Crippen LogP contribution < -0.4 is 0 Å². The van der Waals surface area contributed by atoms with Crippen LogP contribution in [-0.2, 0) is 85.8 Å². The summed E-state index contributed by atoms with van der Waals surface area (Å²) in [5.41, 5.74) is -2.48. The molecular weight excluding hydrogens is 1800 g/mol. The normalized spacial score (nSPS) is 35.4. The Bertz CT molecular complexity index is 4280. The van der Waals surface area contributed by atoms with E-state index in [0.29, 0.717) is 41.6 Å². The molecule has 20 aliphatic rings. The number of methoxy groups -OCH3 is 1. The number of hydrogen-bond donors (Lipinski definition) is 0. The first-order valence-corrected chi connectivity index (χ1v) is 59.7. The lowest BCUT2D eigenvalue weighted by atomic mass is 9.54. The van der Waals surface area contributed by atoms with Gasteiger partial charge in [-0.2, -0.15) is 0 Å². The minimum atomic E-state index is -0.391. The average Bonchev–Trinajstić information content (AvgIpc) is 1.52. The molecule has 24 unspecified atom stereocenters. The monoisotopic (exact) mass is 2010 g/mol. The van der Waals surface area contributed by atoms with Gasteiger partial charge in [-0.15, -0.1) is 0 Å². The Hall–Kier alpha value is -5.10. The Morgan fingerprint density at radius 2 is 0.757 bits per heavy atom. The fourth-order valence-electron chi connectivity index (χ4n) is 30.2. The third kappa shape index (κ3) is 26.0. The van der Waals surface area contributed by atoms with Crippen molar-refractivity contribution in [1.29, 1.82) is 0 Å². The number of ether oxygens (including phenoxy) is 8. The van der Waals surface area contributed by atoms with Gasteiger partial charge in [0.05, 0.1) is 69.0 Å². The Kier molecular flexibility index (Phi) is 39.4. The summed E-state index contributed by atoms with van der Waals surface area (Å²) in [6.45, 7) is 63.4. The maximum absolute atomic E-state index is 12.7. The molecule has 19 aliphatic carbocycles. The summed E-state index contributed by atoms with van der Waals surface area (Å²) in [6, 6.07) is 0.269. The van der Waals surface area contributed by atoms with E-state index < -0.39 is 5.41 Å². The van der Waals surface area contributed by atoms with E-state index >= 15 is 0 Å². The zero-order valence-electron chi connectivity index (χ0n) is 97.5. The SMILES string of the molecule is CCC(C)(C)C(=O)N1C(=O)C2C3CC(C4CCCC43)C21.CCC(C)(C)C(=O)OC.CCC(C)(C)C(=O)OC12CC3CC(CC(C3)C1)C2.CCC(C)(C)C(=O)OC1CC2CC1C1C3CCC(C3)C21.CCC(C)(C)C(=O)OC1CC2CC1C1CCCC21.CCC(C)(C)C(=O)OC1CC2CCC1(C)C2(C)C.CCC(C)(C)C(=O)OC1CC2CCC1C2.CCC(C)(C)C(=O)OC1CCCCC1.CCCCOC(=O)C(C)(C)CC. The van der Waals surface area contributed by atoms with Gasteiger partial charge in [0.25, 0.3) is 0 Å². The van der Waals surface area contributed by atoms with Gasteiger partial charge in [0.1, 0.15) is 36.1 Å². The first-order valence-electron chi connectivity index (χ1n) is 59.7. The molecule has 0 aromatic heterocycles. The van der Waals surface area contributed by atoms with Crippen LogP contribution in [0.1, 0.15) is 491 Å². The fourth-order valence-corrected chi connectivity index (χ4v) is 30.2. The standard InChI is InChI=1S/C18H28O2.C17H25NO2.2C16H26O2.C16H28O2.C13H22O2.C12H22O2.C10H20O2.C7H14O2/c1-4-18(2,3)17(19)20-14-9-12-8-13(14)16-11-6-5-10(7-11)15(12)16;1-4-17(2,3)16(20)18-14-12-8-11(13(14)15(18)19)9-6-5-7-10(9)12;1-4-15(2,3)14(17)18-16-8-11-5-12(9-16)7-13(6-11)10-16;1-4-16(2,3)15(17)18-14-9-10-8-13(14)12-7-5-6-11(10)12;1-7-14(2,3)13(17)18-12-10-11-8-9-16(12,6)15(11,4)5;1-4-13(2,3)12(14)15-11-8-9-5-6-10(11)7-9;1-4-12(2,3)11(13)14-10-8-6-5-7-9-10;1-5-7-8-12-9(11)10(3,4)6-2;1-5-7(2,3)6(8)9-4/h10-16H,4-9H2,1-3H3;9-14H,4-8H2,1-3H3;11-13H,4-10H2,1-3H3;10-14H,4-9H2,1-3H3;11-12H,7-10H2,1-6H3;9-11H,4-8H2,1-3H3;10H,4-9H2,1-3H3;5-8H2,1-4H3;5H2,1-4H3. The molecule has 0 spiro atoms. The van der Waals surface area contributed by atoms with Crippen molar-refractivity contribution in [3.8, 4) is 0 Å². The van der Waals surface area contributed by atoms with Crippen LogP contribution >= 0.6 is 0 Å². The Labute approximate surface area is 875 Å². The van der Waals surface area contributed by atoms with Crippen molar-refractivity contribution in [3.05, 3.63) is 0 Å². The van der Waals surface area contributed by atoms with Crippen LogP contribution in [-0.4, -0.2) is 120 Å². The second-order valence-electron chi connectivity index (χ2n) is 56.7. The van der Waals surface area contributed by atoms with Crippen molar-refractivity contribution in [1.82, 2.24) is 4.90 Å². The van der Waals surface area contributed by atoms with E-state index in [1.807, 2.05) is 166 Å². The summed E-state index contributed by atoms with van der Waals surface area (Å²) in [5, 5.41) is 0. The molecule has 1 heterocycles. The number of carbonyl (C=O) groups excluding carboxylic acids is 10. The molecule has 19 heteroatoms. The van der Waals surface area contributed by atoms with Crippen molar-refractivity contribution in [2.75, 3.05) is 13.7 Å². The van der Waals surface area contributed by atoms with Gasteiger partial charge in [-0.1, -0.05) is 130 Å². The van der Waals surface area contributed by atoms with E-state index in [1.165, 1.54) is 161 Å². The highest BCUT2D eigenvalue weighted by Gasteiger charge is 2.71. The second-order valence-corrected chi connectivity index (χ2v) is 56.7. The molecule has 20 fully saturated rings. The summed E-state index contributed by atoms with van der Waals surface area (Å²) in [4.78, 5) is 122. The lowest BCUT2D eigenvalue weighted by molar-refractivity contribution is -0.196. The molecule has 0 aromatic rings. The second kappa shape index (κ2) is 47.6. The van der Waals surface area contributed by atoms with Crippen LogP contribution in [0.5, 0.6) is 0 Å². The number of carbonyl (C=O) groups is 10. The van der Waals surface area contributed by atoms with Gasteiger partial charge < -0.3 is 37.9 Å². The summed E-state index contributed by atoms with van der Waals surface area (Å²) in [5.74, 6) is 16.8. The van der Waals surface area contributed by atoms with Crippen molar-refractivity contribution >= 4 is 59.6 Å². The van der Waals surface area contributed by atoms with E-state index in [-0.39, 0.29) is 156 Å². The molecule has 19 saturated carbocycles. The maximum Gasteiger partial charge on any atom is 0.312 e. The molecule has 1 aliphatic heterocycles. The molecule has 824 valence electrons. The molecule has 2 amide bonds. The summed E-state index contributed by atoms with van der Waals surface area (Å²) < 4.78 is 44.7. The number of imide groups is 1. The highest BCUT2D eigenvalue weighted by molar-refractivity contribution is 6.04. The smallest absolute Gasteiger partial charge is 0.312 e. The predicted molar refractivity (Wildman–Crippen MR) is 571 cm³/mol. The lowest BCUT2D eigenvalue weighted by Crippen LogP contribution is -2.68. The number of esters is 8. The van der Waals surface area contributed by atoms with E-state index in [4.69, 9.17) is 33.2 Å². The van der Waals surface area contributed by atoms with Crippen molar-refractivity contribution in [2.45, 2.75) is 533 Å².